The van der Waals surface area contributed by atoms with Gasteiger partial charge in [0.2, 0.25) is 5.88 Å². The van der Waals surface area contributed by atoms with Gasteiger partial charge < -0.3 is 15.2 Å². The van der Waals surface area contributed by atoms with Gasteiger partial charge in [0.25, 0.3) is 0 Å². The molecular formula is C16H26N2O3. The van der Waals surface area contributed by atoms with Crippen LogP contribution < -0.4 is 10.5 Å². The molecule has 5 nitrogen and oxygen atoms in total. The molecule has 2 N–H and O–H groups in total. The highest BCUT2D eigenvalue weighted by atomic mass is 16.5. The topological polar surface area (TPSA) is 74.4 Å². The zero-order valence-corrected chi connectivity index (χ0v) is 13.2. The monoisotopic (exact) mass is 294 g/mol. The predicted octanol–water partition coefficient (Wildman–Crippen LogP) is 3.44. The van der Waals surface area contributed by atoms with Crippen molar-refractivity contribution in [3.05, 3.63) is 17.8 Å². The Kier molecular flexibility index (Phi) is 7.58. The van der Waals surface area contributed by atoms with Crippen LogP contribution in [0.2, 0.25) is 0 Å². The third-order valence-corrected chi connectivity index (χ3v) is 3.37. The van der Waals surface area contributed by atoms with E-state index in [4.69, 9.17) is 15.2 Å². The van der Waals surface area contributed by atoms with Gasteiger partial charge in [-0.05, 0) is 25.3 Å². The number of aromatic nitrogens is 1. The van der Waals surface area contributed by atoms with Crippen molar-refractivity contribution in [1.82, 2.24) is 4.98 Å². The fourth-order valence-corrected chi connectivity index (χ4v) is 2.03. The summed E-state index contributed by atoms with van der Waals surface area (Å²) >= 11 is 0. The maximum Gasteiger partial charge on any atom is 0.343 e. The van der Waals surface area contributed by atoms with Gasteiger partial charge in [0.1, 0.15) is 5.56 Å². The van der Waals surface area contributed by atoms with Gasteiger partial charge in [-0.2, -0.15) is 0 Å². The second-order valence-corrected chi connectivity index (χ2v) is 5.07. The average Bonchev–Trinajstić information content (AvgIpc) is 2.48. The van der Waals surface area contributed by atoms with Gasteiger partial charge in [-0.25, -0.2) is 9.78 Å². The number of hydrogen-bond acceptors (Lipinski definition) is 5. The first-order valence-corrected chi connectivity index (χ1v) is 7.67. The number of unbranched alkanes of at least 4 members (excludes halogenated alkanes) is 1. The fraction of sp³-hybridized carbons (Fsp3) is 0.625. The molecule has 118 valence electrons. The summed E-state index contributed by atoms with van der Waals surface area (Å²) < 4.78 is 10.7. The number of carbonyl (C=O) groups is 1. The zero-order valence-electron chi connectivity index (χ0n) is 13.2. The van der Waals surface area contributed by atoms with E-state index in [1.807, 2.05) is 0 Å². The van der Waals surface area contributed by atoms with Crippen molar-refractivity contribution in [2.75, 3.05) is 18.9 Å². The zero-order chi connectivity index (χ0) is 15.7. The van der Waals surface area contributed by atoms with Crippen LogP contribution in [0.4, 0.5) is 5.69 Å². The van der Waals surface area contributed by atoms with E-state index in [-0.39, 0.29) is 0 Å². The first-order chi connectivity index (χ1) is 10.1. The van der Waals surface area contributed by atoms with Crippen molar-refractivity contribution in [3.63, 3.8) is 0 Å². The maximum absolute atomic E-state index is 11.9. The van der Waals surface area contributed by atoms with Gasteiger partial charge in [0.05, 0.1) is 25.1 Å². The molecule has 1 aromatic rings. The van der Waals surface area contributed by atoms with Crippen LogP contribution in [-0.4, -0.2) is 24.2 Å². The Morgan fingerprint density at radius 2 is 2.14 bits per heavy atom. The lowest BCUT2D eigenvalue weighted by atomic mass is 10.0. The van der Waals surface area contributed by atoms with E-state index in [0.717, 1.165) is 12.8 Å². The normalized spacial score (nSPS) is 12.0. The lowest BCUT2D eigenvalue weighted by Gasteiger charge is -2.16. The van der Waals surface area contributed by atoms with Crippen LogP contribution in [0, 0.1) is 5.92 Å². The van der Waals surface area contributed by atoms with Crippen LogP contribution in [0.5, 0.6) is 5.88 Å². The number of ether oxygens (including phenoxy) is 2. The lowest BCUT2D eigenvalue weighted by molar-refractivity contribution is 0.0519. The summed E-state index contributed by atoms with van der Waals surface area (Å²) in [4.78, 5) is 16.0. The average molecular weight is 294 g/mol. The van der Waals surface area contributed by atoms with Crippen LogP contribution in [0.3, 0.4) is 0 Å². The summed E-state index contributed by atoms with van der Waals surface area (Å²) in [7, 11) is 0. The standard InChI is InChI=1S/C16H26N2O3/c1-4-7-8-12(5-2)11-21-15-14(16(19)20-6-3)9-13(17)10-18-15/h9-10,12H,4-8,11,17H2,1-3H3. The Hall–Kier alpha value is -1.78. The van der Waals surface area contributed by atoms with E-state index in [0.29, 0.717) is 36.3 Å². The van der Waals surface area contributed by atoms with E-state index < -0.39 is 5.97 Å². The van der Waals surface area contributed by atoms with Crippen molar-refractivity contribution in [1.29, 1.82) is 0 Å². The molecule has 0 bridgehead atoms. The molecule has 0 aliphatic heterocycles. The largest absolute Gasteiger partial charge is 0.477 e. The van der Waals surface area contributed by atoms with Gasteiger partial charge in [0, 0.05) is 0 Å². The van der Waals surface area contributed by atoms with E-state index in [1.165, 1.54) is 19.0 Å². The molecule has 0 aliphatic carbocycles. The molecule has 0 radical (unpaired) electrons. The molecule has 1 rings (SSSR count). The highest BCUT2D eigenvalue weighted by Gasteiger charge is 2.17. The van der Waals surface area contributed by atoms with Gasteiger partial charge in [-0.1, -0.05) is 33.1 Å². The molecule has 5 heteroatoms. The first kappa shape index (κ1) is 17.3. The molecule has 0 aliphatic rings. The quantitative estimate of drug-likeness (QED) is 0.706. The number of nitrogens with zero attached hydrogens (tertiary/aromatic N) is 1. The van der Waals surface area contributed by atoms with E-state index in [1.54, 1.807) is 13.0 Å². The predicted molar refractivity (Wildman–Crippen MR) is 83.4 cm³/mol. The molecule has 1 atom stereocenters. The number of esters is 1. The number of rotatable bonds is 9. The Balaban J connectivity index is 2.75. The number of nitrogens with two attached hydrogens (primary N) is 1. The molecule has 1 heterocycles. The van der Waals surface area contributed by atoms with Crippen molar-refractivity contribution < 1.29 is 14.3 Å². The number of carbonyl (C=O) groups excluding carboxylic acids is 1. The molecule has 0 saturated carbocycles. The number of pyridine rings is 1. The first-order valence-electron chi connectivity index (χ1n) is 7.67. The molecule has 1 aromatic heterocycles. The minimum atomic E-state index is -0.450. The molecule has 0 saturated heterocycles. The van der Waals surface area contributed by atoms with E-state index in [9.17, 15) is 4.79 Å². The summed E-state index contributed by atoms with van der Waals surface area (Å²) in [6, 6.07) is 1.55. The Labute approximate surface area is 126 Å². The van der Waals surface area contributed by atoms with Crippen LogP contribution in [0.25, 0.3) is 0 Å². The minimum Gasteiger partial charge on any atom is -0.477 e. The van der Waals surface area contributed by atoms with Crippen LogP contribution in [0.15, 0.2) is 12.3 Å². The second kappa shape index (κ2) is 9.21. The fourth-order valence-electron chi connectivity index (χ4n) is 2.03. The molecule has 1 unspecified atom stereocenters. The Morgan fingerprint density at radius 3 is 2.76 bits per heavy atom. The lowest BCUT2D eigenvalue weighted by Crippen LogP contribution is -2.15. The summed E-state index contributed by atoms with van der Waals surface area (Å²) in [5, 5.41) is 0. The van der Waals surface area contributed by atoms with E-state index >= 15 is 0 Å². The van der Waals surface area contributed by atoms with Crippen LogP contribution in [-0.2, 0) is 4.74 Å². The third kappa shape index (κ3) is 5.61. The van der Waals surface area contributed by atoms with Crippen LogP contribution >= 0.6 is 0 Å². The Morgan fingerprint density at radius 1 is 1.38 bits per heavy atom. The SMILES string of the molecule is CCCCC(CC)COc1ncc(N)cc1C(=O)OCC. The summed E-state index contributed by atoms with van der Waals surface area (Å²) in [5.41, 5.74) is 6.40. The van der Waals surface area contributed by atoms with E-state index in [2.05, 4.69) is 18.8 Å². The highest BCUT2D eigenvalue weighted by molar-refractivity contribution is 5.92. The third-order valence-electron chi connectivity index (χ3n) is 3.37. The molecule has 0 spiro atoms. The van der Waals surface area contributed by atoms with Crippen molar-refractivity contribution >= 4 is 11.7 Å². The van der Waals surface area contributed by atoms with Gasteiger partial charge in [-0.3, -0.25) is 0 Å². The van der Waals surface area contributed by atoms with Crippen molar-refractivity contribution in [2.24, 2.45) is 5.92 Å². The number of anilines is 1. The van der Waals surface area contributed by atoms with Crippen molar-refractivity contribution in [3.8, 4) is 5.88 Å². The minimum absolute atomic E-state index is 0.294. The molecular weight excluding hydrogens is 268 g/mol. The van der Waals surface area contributed by atoms with Crippen molar-refractivity contribution in [2.45, 2.75) is 46.5 Å². The van der Waals surface area contributed by atoms with Gasteiger partial charge in [0.15, 0.2) is 0 Å². The Bertz CT molecular complexity index is 449. The summed E-state index contributed by atoms with van der Waals surface area (Å²) in [6.45, 7) is 6.94. The van der Waals surface area contributed by atoms with Gasteiger partial charge >= 0.3 is 5.97 Å². The molecule has 21 heavy (non-hydrogen) atoms. The smallest absolute Gasteiger partial charge is 0.343 e. The van der Waals surface area contributed by atoms with Crippen LogP contribution in [0.1, 0.15) is 56.8 Å². The second-order valence-electron chi connectivity index (χ2n) is 5.07. The van der Waals surface area contributed by atoms with Gasteiger partial charge in [-0.15, -0.1) is 0 Å². The number of nitrogen functional groups attached to an aromatic ring is 1. The molecule has 0 amide bonds. The number of hydrogen-bond donors (Lipinski definition) is 1. The molecule has 0 fully saturated rings. The highest BCUT2D eigenvalue weighted by Crippen LogP contribution is 2.21. The molecule has 0 aromatic carbocycles. The maximum atomic E-state index is 11.9. The summed E-state index contributed by atoms with van der Waals surface area (Å²) in [5.74, 6) is 0.325. The summed E-state index contributed by atoms with van der Waals surface area (Å²) in [6.07, 6.45) is 6.01.